The predicted molar refractivity (Wildman–Crippen MR) is 81.9 cm³/mol. The molecule has 0 aliphatic carbocycles. The molecule has 0 bridgehead atoms. The van der Waals surface area contributed by atoms with Gasteiger partial charge < -0.3 is 9.73 Å². The summed E-state index contributed by atoms with van der Waals surface area (Å²) in [6, 6.07) is 4.61. The van der Waals surface area contributed by atoms with Crippen molar-refractivity contribution in [2.45, 2.75) is 32.4 Å². The van der Waals surface area contributed by atoms with Gasteiger partial charge in [-0.05, 0) is 45.5 Å². The van der Waals surface area contributed by atoms with E-state index >= 15 is 0 Å². The number of thiazole rings is 1. The zero-order valence-electron chi connectivity index (χ0n) is 12.1. The highest BCUT2D eigenvalue weighted by atomic mass is 32.1. The minimum atomic E-state index is 0.629. The molecule has 1 aliphatic heterocycles. The van der Waals surface area contributed by atoms with E-state index in [1.807, 2.05) is 25.3 Å². The highest BCUT2D eigenvalue weighted by Crippen LogP contribution is 2.28. The molecule has 0 radical (unpaired) electrons. The lowest BCUT2D eigenvalue weighted by Crippen LogP contribution is -2.43. The van der Waals surface area contributed by atoms with Crippen molar-refractivity contribution in [3.05, 3.63) is 29.0 Å². The van der Waals surface area contributed by atoms with Gasteiger partial charge in [0.05, 0.1) is 0 Å². The first-order chi connectivity index (χ1) is 9.74. The number of furan rings is 1. The van der Waals surface area contributed by atoms with Gasteiger partial charge in [-0.2, -0.15) is 0 Å². The third-order valence-electron chi connectivity index (χ3n) is 3.80. The number of likely N-dealkylation sites (tertiary alicyclic amines) is 1. The summed E-state index contributed by atoms with van der Waals surface area (Å²) in [5.74, 6) is 1.81. The smallest absolute Gasteiger partial charge is 0.162 e. The van der Waals surface area contributed by atoms with E-state index in [1.54, 1.807) is 11.3 Å². The van der Waals surface area contributed by atoms with Gasteiger partial charge in [-0.1, -0.05) is 0 Å². The summed E-state index contributed by atoms with van der Waals surface area (Å²) in [5.41, 5.74) is 0. The van der Waals surface area contributed by atoms with Gasteiger partial charge in [0.25, 0.3) is 0 Å². The number of hydrogen-bond donors (Lipinski definition) is 1. The topological polar surface area (TPSA) is 41.3 Å². The van der Waals surface area contributed by atoms with Gasteiger partial charge in [0, 0.05) is 30.2 Å². The fourth-order valence-corrected chi connectivity index (χ4v) is 3.62. The lowest BCUT2D eigenvalue weighted by Gasteiger charge is -2.32. The van der Waals surface area contributed by atoms with E-state index in [0.717, 1.165) is 29.6 Å². The highest BCUT2D eigenvalue weighted by molar-refractivity contribution is 7.14. The maximum Gasteiger partial charge on any atom is 0.162 e. The van der Waals surface area contributed by atoms with Gasteiger partial charge in [-0.25, -0.2) is 4.98 Å². The van der Waals surface area contributed by atoms with E-state index in [2.05, 4.69) is 22.2 Å². The van der Waals surface area contributed by atoms with Crippen molar-refractivity contribution in [3.63, 3.8) is 0 Å². The fraction of sp³-hybridized carbons (Fsp3) is 0.533. The van der Waals surface area contributed by atoms with Crippen LogP contribution in [0.2, 0.25) is 0 Å². The molecule has 1 atom stereocenters. The van der Waals surface area contributed by atoms with Crippen LogP contribution < -0.4 is 5.32 Å². The standard InChI is InChI=1S/C15H21N3OS/c1-11-5-6-14(19-11)15-17-8-13(20-15)10-18-7-3-4-12(9-18)16-2/h5-6,8,12,16H,3-4,7,9-10H2,1-2H3. The second-order valence-corrected chi connectivity index (χ2v) is 6.52. The Bertz CT molecular complexity index is 563. The molecular formula is C15H21N3OS. The maximum absolute atomic E-state index is 5.63. The Kier molecular flexibility index (Phi) is 4.19. The van der Waals surface area contributed by atoms with E-state index in [4.69, 9.17) is 4.42 Å². The summed E-state index contributed by atoms with van der Waals surface area (Å²) in [6.07, 6.45) is 4.54. The lowest BCUT2D eigenvalue weighted by atomic mass is 10.1. The number of rotatable bonds is 4. The Hall–Kier alpha value is -1.17. The van der Waals surface area contributed by atoms with E-state index in [9.17, 15) is 0 Å². The summed E-state index contributed by atoms with van der Waals surface area (Å²) >= 11 is 1.73. The highest BCUT2D eigenvalue weighted by Gasteiger charge is 2.19. The SMILES string of the molecule is CNC1CCCN(Cc2cnc(-c3ccc(C)o3)s2)C1. The average molecular weight is 291 g/mol. The van der Waals surface area contributed by atoms with E-state index in [0.29, 0.717) is 6.04 Å². The van der Waals surface area contributed by atoms with Gasteiger partial charge in [-0.3, -0.25) is 4.90 Å². The van der Waals surface area contributed by atoms with Gasteiger partial charge >= 0.3 is 0 Å². The Morgan fingerprint density at radius 1 is 1.50 bits per heavy atom. The van der Waals surface area contributed by atoms with Crippen LogP contribution in [0, 0.1) is 6.92 Å². The summed E-state index contributed by atoms with van der Waals surface area (Å²) in [7, 11) is 2.05. The van der Waals surface area contributed by atoms with Crippen LogP contribution in [0.3, 0.4) is 0 Å². The van der Waals surface area contributed by atoms with Crippen LogP contribution in [-0.4, -0.2) is 36.1 Å². The molecular weight excluding hydrogens is 270 g/mol. The molecule has 5 heteroatoms. The Morgan fingerprint density at radius 2 is 2.40 bits per heavy atom. The van der Waals surface area contributed by atoms with E-state index in [-0.39, 0.29) is 0 Å². The number of piperidine rings is 1. The summed E-state index contributed by atoms with van der Waals surface area (Å²) in [4.78, 5) is 8.31. The molecule has 0 spiro atoms. The normalized spacial score (nSPS) is 20.4. The molecule has 0 saturated carbocycles. The Labute approximate surface area is 123 Å². The van der Waals surface area contributed by atoms with Crippen molar-refractivity contribution in [1.82, 2.24) is 15.2 Å². The first-order valence-electron chi connectivity index (χ1n) is 7.16. The van der Waals surface area contributed by atoms with Crippen molar-refractivity contribution in [3.8, 4) is 10.8 Å². The largest absolute Gasteiger partial charge is 0.459 e. The van der Waals surface area contributed by atoms with Gasteiger partial charge in [0.15, 0.2) is 10.8 Å². The number of aryl methyl sites for hydroxylation is 1. The minimum absolute atomic E-state index is 0.629. The Balaban J connectivity index is 1.65. The second kappa shape index (κ2) is 6.08. The van der Waals surface area contributed by atoms with Crippen LogP contribution in [0.15, 0.2) is 22.7 Å². The molecule has 1 unspecified atom stereocenters. The quantitative estimate of drug-likeness (QED) is 0.940. The molecule has 108 valence electrons. The van der Waals surface area contributed by atoms with Crippen LogP contribution in [0.5, 0.6) is 0 Å². The summed E-state index contributed by atoms with van der Waals surface area (Å²) < 4.78 is 5.63. The summed E-state index contributed by atoms with van der Waals surface area (Å²) in [6.45, 7) is 5.27. The van der Waals surface area contributed by atoms with Crippen LogP contribution in [0.4, 0.5) is 0 Å². The molecule has 1 N–H and O–H groups in total. The third-order valence-corrected chi connectivity index (χ3v) is 4.79. The molecule has 0 amide bonds. The van der Waals surface area contributed by atoms with Crippen molar-refractivity contribution >= 4 is 11.3 Å². The van der Waals surface area contributed by atoms with Crippen LogP contribution in [0.25, 0.3) is 10.8 Å². The van der Waals surface area contributed by atoms with Crippen molar-refractivity contribution in [2.75, 3.05) is 20.1 Å². The second-order valence-electron chi connectivity index (χ2n) is 5.40. The molecule has 1 aliphatic rings. The van der Waals surface area contributed by atoms with Gasteiger partial charge in [0.2, 0.25) is 0 Å². The molecule has 0 aromatic carbocycles. The van der Waals surface area contributed by atoms with E-state index < -0.39 is 0 Å². The molecule has 4 nitrogen and oxygen atoms in total. The lowest BCUT2D eigenvalue weighted by molar-refractivity contribution is 0.189. The molecule has 3 rings (SSSR count). The van der Waals surface area contributed by atoms with Gasteiger partial charge in [0.1, 0.15) is 5.76 Å². The zero-order chi connectivity index (χ0) is 13.9. The number of hydrogen-bond acceptors (Lipinski definition) is 5. The molecule has 3 heterocycles. The van der Waals surface area contributed by atoms with Crippen molar-refractivity contribution in [1.29, 1.82) is 0 Å². The van der Waals surface area contributed by atoms with Crippen LogP contribution in [0.1, 0.15) is 23.5 Å². The monoisotopic (exact) mass is 291 g/mol. The first-order valence-corrected chi connectivity index (χ1v) is 7.97. The molecule has 20 heavy (non-hydrogen) atoms. The zero-order valence-corrected chi connectivity index (χ0v) is 12.9. The number of aromatic nitrogens is 1. The number of likely N-dealkylation sites (N-methyl/N-ethyl adjacent to an activating group) is 1. The van der Waals surface area contributed by atoms with Crippen LogP contribution in [-0.2, 0) is 6.54 Å². The maximum atomic E-state index is 5.63. The first kappa shape index (κ1) is 13.8. The van der Waals surface area contributed by atoms with E-state index in [1.165, 1.54) is 24.3 Å². The Morgan fingerprint density at radius 3 is 3.15 bits per heavy atom. The summed E-state index contributed by atoms with van der Waals surface area (Å²) in [5, 5.41) is 4.37. The average Bonchev–Trinajstić information content (AvgIpc) is 3.08. The number of nitrogens with one attached hydrogen (secondary N) is 1. The molecule has 1 saturated heterocycles. The molecule has 2 aromatic heterocycles. The minimum Gasteiger partial charge on any atom is -0.459 e. The molecule has 2 aromatic rings. The molecule has 1 fully saturated rings. The number of nitrogens with zero attached hydrogens (tertiary/aromatic N) is 2. The van der Waals surface area contributed by atoms with Gasteiger partial charge in [-0.15, -0.1) is 11.3 Å². The predicted octanol–water partition coefficient (Wildman–Crippen LogP) is 2.90. The van der Waals surface area contributed by atoms with Crippen molar-refractivity contribution in [2.24, 2.45) is 0 Å². The third kappa shape index (κ3) is 3.11. The van der Waals surface area contributed by atoms with Crippen molar-refractivity contribution < 1.29 is 4.42 Å². The fourth-order valence-electron chi connectivity index (χ4n) is 2.70. The van der Waals surface area contributed by atoms with Crippen LogP contribution >= 0.6 is 11.3 Å².